The van der Waals surface area contributed by atoms with E-state index in [2.05, 4.69) is 15.3 Å². The molecule has 0 aliphatic heterocycles. The smallest absolute Gasteiger partial charge is 0.166 e. The Labute approximate surface area is 187 Å². The molecule has 164 valence electrons. The van der Waals surface area contributed by atoms with Crippen LogP contribution in [0.1, 0.15) is 35.5 Å². The fourth-order valence-electron chi connectivity index (χ4n) is 3.86. The van der Waals surface area contributed by atoms with Crippen LogP contribution in [-0.4, -0.2) is 28.8 Å². The van der Waals surface area contributed by atoms with Crippen molar-refractivity contribution in [1.29, 1.82) is 0 Å². The van der Waals surface area contributed by atoms with Crippen molar-refractivity contribution in [1.82, 2.24) is 9.97 Å². The zero-order valence-corrected chi connectivity index (χ0v) is 18.7. The Morgan fingerprint density at radius 3 is 2.41 bits per heavy atom. The number of phenols is 1. The number of aromatic hydroxyl groups is 1. The fourth-order valence-corrected chi connectivity index (χ4v) is 3.86. The van der Waals surface area contributed by atoms with E-state index in [4.69, 9.17) is 9.47 Å². The SMILES string of the molecule is CCOc1cccc([C@H](Nc2cccc(C)n2)c2ccc3ccc(C)nc3c2O)c1OC. The molecule has 2 aromatic heterocycles. The lowest BCUT2D eigenvalue weighted by Crippen LogP contribution is -2.15. The van der Waals surface area contributed by atoms with Crippen LogP contribution in [0, 0.1) is 13.8 Å². The van der Waals surface area contributed by atoms with Crippen LogP contribution in [0.4, 0.5) is 5.82 Å². The van der Waals surface area contributed by atoms with Gasteiger partial charge in [-0.15, -0.1) is 0 Å². The standard InChI is InChI=1S/C26H27N3O3/c1-5-32-21-10-7-9-20(26(21)31-4)24(29-22-11-6-8-16(2)27-22)19-15-14-18-13-12-17(3)28-23(18)25(19)30/h6-15,24,30H,5H2,1-4H3,(H,27,29)/t24-/m1/s1. The van der Waals surface area contributed by atoms with Crippen molar-refractivity contribution in [3.8, 4) is 17.2 Å². The molecule has 0 saturated carbocycles. The molecular weight excluding hydrogens is 402 g/mol. The van der Waals surface area contributed by atoms with Crippen molar-refractivity contribution in [2.75, 3.05) is 19.0 Å². The molecule has 0 amide bonds. The Kier molecular flexibility index (Phi) is 6.12. The number of phenolic OH excluding ortho intramolecular Hbond substituents is 1. The third-order valence-electron chi connectivity index (χ3n) is 5.32. The Morgan fingerprint density at radius 2 is 1.66 bits per heavy atom. The molecule has 1 atom stereocenters. The molecule has 0 fully saturated rings. The average Bonchev–Trinajstić information content (AvgIpc) is 2.79. The number of ether oxygens (including phenoxy) is 2. The van der Waals surface area contributed by atoms with Crippen molar-refractivity contribution in [2.24, 2.45) is 0 Å². The Bertz CT molecular complexity index is 1260. The molecule has 0 unspecified atom stereocenters. The minimum atomic E-state index is -0.452. The van der Waals surface area contributed by atoms with E-state index >= 15 is 0 Å². The Hall–Kier alpha value is -3.80. The summed E-state index contributed by atoms with van der Waals surface area (Å²) >= 11 is 0. The number of aromatic nitrogens is 2. The maximum Gasteiger partial charge on any atom is 0.166 e. The van der Waals surface area contributed by atoms with Gasteiger partial charge in [-0.2, -0.15) is 0 Å². The summed E-state index contributed by atoms with van der Waals surface area (Å²) < 4.78 is 11.6. The first kappa shape index (κ1) is 21.4. The van der Waals surface area contributed by atoms with Crippen molar-refractivity contribution >= 4 is 16.7 Å². The van der Waals surface area contributed by atoms with Gasteiger partial charge in [0.1, 0.15) is 17.1 Å². The first-order valence-electron chi connectivity index (χ1n) is 10.6. The summed E-state index contributed by atoms with van der Waals surface area (Å²) in [5, 5.41) is 15.6. The molecule has 32 heavy (non-hydrogen) atoms. The van der Waals surface area contributed by atoms with Crippen LogP contribution in [0.25, 0.3) is 10.9 Å². The van der Waals surface area contributed by atoms with Gasteiger partial charge >= 0.3 is 0 Å². The van der Waals surface area contributed by atoms with Gasteiger partial charge in [0.15, 0.2) is 11.5 Å². The quantitative estimate of drug-likeness (QED) is 0.400. The van der Waals surface area contributed by atoms with E-state index in [1.165, 1.54) is 0 Å². The summed E-state index contributed by atoms with van der Waals surface area (Å²) in [6.45, 7) is 6.30. The molecule has 0 spiro atoms. The molecule has 6 heteroatoms. The zero-order chi connectivity index (χ0) is 22.7. The molecule has 6 nitrogen and oxygen atoms in total. The third-order valence-corrected chi connectivity index (χ3v) is 5.32. The normalized spacial score (nSPS) is 11.9. The van der Waals surface area contributed by atoms with E-state index in [1.54, 1.807) is 7.11 Å². The molecule has 4 rings (SSSR count). The minimum Gasteiger partial charge on any atom is -0.505 e. The molecule has 0 bridgehead atoms. The number of hydrogen-bond donors (Lipinski definition) is 2. The van der Waals surface area contributed by atoms with Gasteiger partial charge in [0, 0.05) is 27.9 Å². The molecule has 2 aromatic carbocycles. The van der Waals surface area contributed by atoms with Gasteiger partial charge in [0.2, 0.25) is 0 Å². The van der Waals surface area contributed by atoms with Gasteiger partial charge in [-0.25, -0.2) is 9.97 Å². The fraction of sp³-hybridized carbons (Fsp3) is 0.231. The molecule has 0 aliphatic carbocycles. The van der Waals surface area contributed by atoms with Gasteiger partial charge in [-0.3, -0.25) is 0 Å². The second kappa shape index (κ2) is 9.14. The highest BCUT2D eigenvalue weighted by molar-refractivity contribution is 5.86. The molecular formula is C26H27N3O3. The average molecular weight is 430 g/mol. The van der Waals surface area contributed by atoms with Gasteiger partial charge in [-0.1, -0.05) is 36.4 Å². The number of aryl methyl sites for hydroxylation is 2. The Morgan fingerprint density at radius 1 is 0.906 bits per heavy atom. The largest absolute Gasteiger partial charge is 0.505 e. The van der Waals surface area contributed by atoms with E-state index in [-0.39, 0.29) is 5.75 Å². The van der Waals surface area contributed by atoms with Crippen LogP contribution in [0.3, 0.4) is 0 Å². The molecule has 2 N–H and O–H groups in total. The molecule has 0 radical (unpaired) electrons. The zero-order valence-electron chi connectivity index (χ0n) is 18.7. The topological polar surface area (TPSA) is 76.5 Å². The minimum absolute atomic E-state index is 0.125. The van der Waals surface area contributed by atoms with Crippen LogP contribution < -0.4 is 14.8 Å². The summed E-state index contributed by atoms with van der Waals surface area (Å²) in [5.41, 5.74) is 3.79. The van der Waals surface area contributed by atoms with Crippen LogP contribution >= 0.6 is 0 Å². The first-order chi connectivity index (χ1) is 15.5. The lowest BCUT2D eigenvalue weighted by molar-refractivity contribution is 0.308. The predicted molar refractivity (Wildman–Crippen MR) is 127 cm³/mol. The summed E-state index contributed by atoms with van der Waals surface area (Å²) in [6, 6.07) is 18.9. The number of pyridine rings is 2. The van der Waals surface area contributed by atoms with Crippen molar-refractivity contribution < 1.29 is 14.6 Å². The first-order valence-corrected chi connectivity index (χ1v) is 10.6. The van der Waals surface area contributed by atoms with Gasteiger partial charge < -0.3 is 19.9 Å². The Balaban J connectivity index is 1.92. The highest BCUT2D eigenvalue weighted by Crippen LogP contribution is 2.42. The van der Waals surface area contributed by atoms with Crippen LogP contribution in [-0.2, 0) is 0 Å². The number of benzene rings is 2. The number of methoxy groups -OCH3 is 1. The molecule has 2 heterocycles. The summed E-state index contributed by atoms with van der Waals surface area (Å²) in [5.74, 6) is 2.07. The van der Waals surface area contributed by atoms with Crippen LogP contribution in [0.5, 0.6) is 17.2 Å². The van der Waals surface area contributed by atoms with Gasteiger partial charge in [-0.05, 0) is 45.0 Å². The van der Waals surface area contributed by atoms with E-state index in [9.17, 15) is 5.11 Å². The van der Waals surface area contributed by atoms with Gasteiger partial charge in [0.05, 0.1) is 19.8 Å². The number of fused-ring (bicyclic) bond motifs is 1. The van der Waals surface area contributed by atoms with E-state index < -0.39 is 6.04 Å². The third kappa shape index (κ3) is 4.17. The van der Waals surface area contributed by atoms with E-state index in [0.29, 0.717) is 35.0 Å². The van der Waals surface area contributed by atoms with Crippen LogP contribution in [0.2, 0.25) is 0 Å². The van der Waals surface area contributed by atoms with Gasteiger partial charge in [0.25, 0.3) is 0 Å². The molecule has 0 aliphatic rings. The second-order valence-corrected chi connectivity index (χ2v) is 7.58. The number of nitrogens with one attached hydrogen (secondary N) is 1. The van der Waals surface area contributed by atoms with Crippen molar-refractivity contribution in [2.45, 2.75) is 26.8 Å². The number of hydrogen-bond acceptors (Lipinski definition) is 6. The summed E-state index contributed by atoms with van der Waals surface area (Å²) in [6.07, 6.45) is 0. The maximum atomic E-state index is 11.3. The van der Waals surface area contributed by atoms with Crippen molar-refractivity contribution in [3.05, 3.63) is 83.2 Å². The monoisotopic (exact) mass is 429 g/mol. The number of anilines is 1. The number of para-hydroxylation sites is 1. The molecule has 0 saturated heterocycles. The summed E-state index contributed by atoms with van der Waals surface area (Å²) in [4.78, 5) is 9.18. The van der Waals surface area contributed by atoms with E-state index in [1.807, 2.05) is 81.4 Å². The summed E-state index contributed by atoms with van der Waals surface area (Å²) in [7, 11) is 1.62. The lowest BCUT2D eigenvalue weighted by atomic mass is 9.95. The number of nitrogens with zero attached hydrogens (tertiary/aromatic N) is 2. The van der Waals surface area contributed by atoms with Crippen LogP contribution in [0.15, 0.2) is 60.7 Å². The number of rotatable bonds is 7. The predicted octanol–water partition coefficient (Wildman–Crippen LogP) is 5.56. The highest BCUT2D eigenvalue weighted by Gasteiger charge is 2.25. The van der Waals surface area contributed by atoms with Crippen molar-refractivity contribution in [3.63, 3.8) is 0 Å². The molecule has 4 aromatic rings. The highest BCUT2D eigenvalue weighted by atomic mass is 16.5. The van der Waals surface area contributed by atoms with E-state index in [0.717, 1.165) is 22.3 Å². The second-order valence-electron chi connectivity index (χ2n) is 7.58. The lowest BCUT2D eigenvalue weighted by Gasteiger charge is -2.25. The maximum absolute atomic E-state index is 11.3.